The van der Waals surface area contributed by atoms with Crippen LogP contribution in [0.3, 0.4) is 0 Å². The number of aromatic nitrogens is 1. The van der Waals surface area contributed by atoms with Crippen molar-refractivity contribution in [1.82, 2.24) is 20.1 Å². The number of unbranched alkanes of at least 4 members (excludes halogenated alkanes) is 1. The number of nitrogens with zero attached hydrogens (tertiary/aromatic N) is 3. The van der Waals surface area contributed by atoms with E-state index in [0.29, 0.717) is 45.1 Å². The molecular formula is C33H37F4N5O6. The molecule has 15 heteroatoms. The Hall–Kier alpha value is -4.66. The topological polar surface area (TPSA) is 140 Å². The molecule has 1 aromatic heterocycles. The van der Waals surface area contributed by atoms with Gasteiger partial charge in [-0.25, -0.2) is 13.8 Å². The van der Waals surface area contributed by atoms with Crippen LogP contribution >= 0.6 is 0 Å². The first-order valence-electron chi connectivity index (χ1n) is 15.8. The summed E-state index contributed by atoms with van der Waals surface area (Å²) in [5.74, 6) is -2.29. The number of piperazine rings is 1. The standard InChI is InChI=1S/C33H37F4N5O6/c1-19(38)29-28(30(44)39-18-22-7-9-23(34)17-24(22)35)40-31(48-29)21-8-10-25(47-33(36)37)26(16-21)46-15-3-2-4-27(43)41-11-13-42(14-12-41)32(45)20-5-6-20/h7-10,16-17,19-20,33H,2-6,11-15,18,38H2,1H3,(H,39,44). The molecule has 0 spiro atoms. The average molecular weight is 676 g/mol. The highest BCUT2D eigenvalue weighted by Gasteiger charge is 2.35. The highest BCUT2D eigenvalue weighted by Crippen LogP contribution is 2.35. The highest BCUT2D eigenvalue weighted by molar-refractivity contribution is 5.94. The number of hydrogen-bond acceptors (Lipinski definition) is 8. The lowest BCUT2D eigenvalue weighted by Gasteiger charge is -2.35. The molecule has 3 aromatic rings. The minimum absolute atomic E-state index is 0.0197. The highest BCUT2D eigenvalue weighted by atomic mass is 19.3. The van der Waals surface area contributed by atoms with Gasteiger partial charge in [-0.3, -0.25) is 14.4 Å². The van der Waals surface area contributed by atoms with Crippen molar-refractivity contribution in [2.45, 2.75) is 58.2 Å². The first-order chi connectivity index (χ1) is 23.0. The van der Waals surface area contributed by atoms with Crippen molar-refractivity contribution in [2.24, 2.45) is 11.7 Å². The van der Waals surface area contributed by atoms with Gasteiger partial charge in [0, 0.05) is 62.3 Å². The first-order valence-corrected chi connectivity index (χ1v) is 15.8. The number of amides is 3. The van der Waals surface area contributed by atoms with Gasteiger partial charge >= 0.3 is 6.61 Å². The zero-order valence-corrected chi connectivity index (χ0v) is 26.4. The second kappa shape index (κ2) is 15.5. The summed E-state index contributed by atoms with van der Waals surface area (Å²) in [6.07, 6.45) is 3.09. The van der Waals surface area contributed by atoms with Crippen LogP contribution in [0.1, 0.15) is 66.9 Å². The van der Waals surface area contributed by atoms with E-state index in [4.69, 9.17) is 14.9 Å². The number of nitrogens with one attached hydrogen (secondary N) is 1. The number of rotatable bonds is 14. The minimum Gasteiger partial charge on any atom is -0.490 e. The molecular weight excluding hydrogens is 638 g/mol. The fourth-order valence-electron chi connectivity index (χ4n) is 5.28. The van der Waals surface area contributed by atoms with Crippen molar-refractivity contribution < 1.29 is 45.8 Å². The zero-order valence-electron chi connectivity index (χ0n) is 26.4. The molecule has 1 saturated carbocycles. The number of oxazole rings is 1. The van der Waals surface area contributed by atoms with Crippen molar-refractivity contribution in [3.8, 4) is 23.0 Å². The summed E-state index contributed by atoms with van der Waals surface area (Å²) >= 11 is 0. The summed E-state index contributed by atoms with van der Waals surface area (Å²) in [6.45, 7) is 0.334. The predicted molar refractivity (Wildman–Crippen MR) is 164 cm³/mol. The SMILES string of the molecule is CC(N)c1oc(-c2ccc(OC(F)F)c(OCCCCC(=O)N3CCN(C(=O)C4CC4)CC3)c2)nc1C(=O)NCc1ccc(F)cc1F. The summed E-state index contributed by atoms with van der Waals surface area (Å²) in [5, 5.41) is 2.51. The number of ether oxygens (including phenoxy) is 2. The second-order valence-corrected chi connectivity index (χ2v) is 11.8. The average Bonchev–Trinajstić information content (AvgIpc) is 3.81. The Morgan fingerprint density at radius 2 is 1.75 bits per heavy atom. The van der Waals surface area contributed by atoms with E-state index in [-0.39, 0.29) is 77.3 Å². The minimum atomic E-state index is -3.12. The van der Waals surface area contributed by atoms with E-state index in [9.17, 15) is 31.9 Å². The summed E-state index contributed by atoms with van der Waals surface area (Å²) < 4.78 is 69.7. The van der Waals surface area contributed by atoms with Crippen LogP contribution in [0.5, 0.6) is 11.5 Å². The van der Waals surface area contributed by atoms with Crippen LogP contribution in [-0.2, 0) is 16.1 Å². The second-order valence-electron chi connectivity index (χ2n) is 11.8. The van der Waals surface area contributed by atoms with Gasteiger partial charge in [0.1, 0.15) is 11.6 Å². The van der Waals surface area contributed by atoms with Gasteiger partial charge in [-0.1, -0.05) is 6.07 Å². The van der Waals surface area contributed by atoms with E-state index in [1.54, 1.807) is 11.8 Å². The van der Waals surface area contributed by atoms with Gasteiger partial charge in [0.15, 0.2) is 23.0 Å². The Morgan fingerprint density at radius 3 is 2.42 bits per heavy atom. The molecule has 2 heterocycles. The van der Waals surface area contributed by atoms with Gasteiger partial charge in [0.05, 0.1) is 12.6 Å². The molecule has 5 rings (SSSR count). The number of halogens is 4. The number of hydrogen-bond donors (Lipinski definition) is 2. The van der Waals surface area contributed by atoms with Crippen molar-refractivity contribution in [1.29, 1.82) is 0 Å². The summed E-state index contributed by atoms with van der Waals surface area (Å²) in [7, 11) is 0. The molecule has 2 aromatic carbocycles. The van der Waals surface area contributed by atoms with Crippen LogP contribution in [0.15, 0.2) is 40.8 Å². The summed E-state index contributed by atoms with van der Waals surface area (Å²) in [4.78, 5) is 45.7. The molecule has 1 atom stereocenters. The largest absolute Gasteiger partial charge is 0.490 e. The van der Waals surface area contributed by atoms with Crippen LogP contribution in [0.25, 0.3) is 11.5 Å². The fourth-order valence-corrected chi connectivity index (χ4v) is 5.28. The van der Waals surface area contributed by atoms with Crippen LogP contribution in [-0.4, -0.2) is 71.9 Å². The van der Waals surface area contributed by atoms with E-state index in [1.807, 2.05) is 4.90 Å². The Bertz CT molecular complexity index is 1620. The van der Waals surface area contributed by atoms with E-state index >= 15 is 0 Å². The van der Waals surface area contributed by atoms with E-state index in [0.717, 1.165) is 18.9 Å². The maximum atomic E-state index is 14.0. The number of alkyl halides is 2. The molecule has 0 radical (unpaired) electrons. The normalized spacial score (nSPS) is 15.4. The molecule has 0 bridgehead atoms. The fraction of sp³-hybridized carbons (Fsp3) is 0.455. The molecule has 258 valence electrons. The van der Waals surface area contributed by atoms with Crippen LogP contribution in [0, 0.1) is 17.6 Å². The van der Waals surface area contributed by atoms with E-state index in [2.05, 4.69) is 15.0 Å². The van der Waals surface area contributed by atoms with Gasteiger partial charge in [-0.05, 0) is 56.9 Å². The van der Waals surface area contributed by atoms with Gasteiger partial charge in [-0.2, -0.15) is 8.78 Å². The molecule has 11 nitrogen and oxygen atoms in total. The van der Waals surface area contributed by atoms with E-state index in [1.165, 1.54) is 24.3 Å². The summed E-state index contributed by atoms with van der Waals surface area (Å²) in [6, 6.07) is 6.22. The maximum Gasteiger partial charge on any atom is 0.387 e. The quantitative estimate of drug-likeness (QED) is 0.184. The Morgan fingerprint density at radius 1 is 1.02 bits per heavy atom. The summed E-state index contributed by atoms with van der Waals surface area (Å²) in [5.41, 5.74) is 6.16. The van der Waals surface area contributed by atoms with Gasteiger partial charge in [0.2, 0.25) is 17.7 Å². The molecule has 1 aliphatic heterocycles. The lowest BCUT2D eigenvalue weighted by molar-refractivity contribution is -0.140. The van der Waals surface area contributed by atoms with Crippen molar-refractivity contribution >= 4 is 17.7 Å². The Labute approximate surface area is 274 Å². The third kappa shape index (κ3) is 8.82. The molecule has 2 aliphatic rings. The molecule has 48 heavy (non-hydrogen) atoms. The van der Waals surface area contributed by atoms with Crippen LogP contribution in [0.2, 0.25) is 0 Å². The van der Waals surface area contributed by atoms with E-state index < -0.39 is 30.2 Å². The number of nitrogens with two attached hydrogens (primary N) is 1. The molecule has 2 fully saturated rings. The smallest absolute Gasteiger partial charge is 0.387 e. The molecule has 3 N–H and O–H groups in total. The Balaban J connectivity index is 1.19. The lowest BCUT2D eigenvalue weighted by atomic mass is 10.2. The third-order valence-electron chi connectivity index (χ3n) is 8.06. The molecule has 1 aliphatic carbocycles. The van der Waals surface area contributed by atoms with Gasteiger partial charge in [-0.15, -0.1) is 0 Å². The van der Waals surface area contributed by atoms with Gasteiger partial charge < -0.3 is 34.7 Å². The predicted octanol–water partition coefficient (Wildman–Crippen LogP) is 4.80. The first kappa shape index (κ1) is 34.7. The number of benzene rings is 2. The molecule has 3 amide bonds. The molecule has 1 saturated heterocycles. The van der Waals surface area contributed by atoms with Crippen molar-refractivity contribution in [3.05, 3.63) is 65.1 Å². The number of carbonyl (C=O) groups is 3. The van der Waals surface area contributed by atoms with Gasteiger partial charge in [0.25, 0.3) is 5.91 Å². The maximum absolute atomic E-state index is 14.0. The zero-order chi connectivity index (χ0) is 34.4. The van der Waals surface area contributed by atoms with Crippen LogP contribution in [0.4, 0.5) is 17.6 Å². The third-order valence-corrected chi connectivity index (χ3v) is 8.06. The lowest BCUT2D eigenvalue weighted by Crippen LogP contribution is -2.51. The van der Waals surface area contributed by atoms with Crippen molar-refractivity contribution in [2.75, 3.05) is 32.8 Å². The van der Waals surface area contributed by atoms with Crippen molar-refractivity contribution in [3.63, 3.8) is 0 Å². The molecule has 1 unspecified atom stereocenters. The number of carbonyl (C=O) groups excluding carboxylic acids is 3. The van der Waals surface area contributed by atoms with Crippen LogP contribution < -0.4 is 20.5 Å². The Kier molecular flexibility index (Phi) is 11.2. The monoisotopic (exact) mass is 675 g/mol.